The van der Waals surface area contributed by atoms with Crippen molar-refractivity contribution in [3.63, 3.8) is 0 Å². The standard InChI is InChI=1S/C23H25N7O2S/c1-14-10-20(29-28-14)27-23-21(16-6-7-16)22(17-12-24-30(2)13-17)25-19(26-23)11-15-4-8-18(9-5-15)33(3,31)32/h4-5,8-10,12-13,16H,6-7,11H2,1-3H3,(H2,25,26,27,28,29). The van der Waals surface area contributed by atoms with Crippen molar-refractivity contribution in [3.8, 4) is 11.3 Å². The van der Waals surface area contributed by atoms with Gasteiger partial charge in [0.15, 0.2) is 15.7 Å². The molecule has 0 bridgehead atoms. The van der Waals surface area contributed by atoms with Crippen LogP contribution >= 0.6 is 0 Å². The van der Waals surface area contributed by atoms with Gasteiger partial charge < -0.3 is 5.32 Å². The number of anilines is 2. The molecule has 3 aromatic heterocycles. The Morgan fingerprint density at radius 3 is 2.52 bits per heavy atom. The number of hydrogen-bond donors (Lipinski definition) is 2. The largest absolute Gasteiger partial charge is 0.323 e. The highest BCUT2D eigenvalue weighted by Gasteiger charge is 2.32. The second-order valence-corrected chi connectivity index (χ2v) is 10.6. The van der Waals surface area contributed by atoms with Crippen molar-refractivity contribution in [2.75, 3.05) is 11.6 Å². The molecule has 1 aliphatic carbocycles. The van der Waals surface area contributed by atoms with Gasteiger partial charge in [-0.15, -0.1) is 0 Å². The van der Waals surface area contributed by atoms with Crippen LogP contribution in [-0.4, -0.2) is 44.6 Å². The number of aromatic amines is 1. The SMILES string of the molecule is Cc1cc(Nc2nc(Cc3ccc(S(C)(=O)=O)cc3)nc(-c3cnn(C)c3)c2C2CC2)n[nH]1. The highest BCUT2D eigenvalue weighted by molar-refractivity contribution is 7.90. The van der Waals surface area contributed by atoms with Crippen LogP contribution in [0, 0.1) is 6.92 Å². The molecule has 0 radical (unpaired) electrons. The molecule has 0 spiro atoms. The van der Waals surface area contributed by atoms with Crippen LogP contribution in [0.5, 0.6) is 0 Å². The van der Waals surface area contributed by atoms with E-state index in [-0.39, 0.29) is 0 Å². The van der Waals surface area contributed by atoms with Crippen LogP contribution in [-0.2, 0) is 23.3 Å². The van der Waals surface area contributed by atoms with E-state index in [0.717, 1.165) is 46.7 Å². The quantitative estimate of drug-likeness (QED) is 0.430. The minimum Gasteiger partial charge on any atom is -0.323 e. The van der Waals surface area contributed by atoms with E-state index >= 15 is 0 Å². The second-order valence-electron chi connectivity index (χ2n) is 8.58. The number of H-pyrrole nitrogens is 1. The van der Waals surface area contributed by atoms with E-state index in [2.05, 4.69) is 20.6 Å². The van der Waals surface area contributed by atoms with Gasteiger partial charge in [0.05, 0.1) is 16.8 Å². The Morgan fingerprint density at radius 1 is 1.18 bits per heavy atom. The molecule has 0 atom stereocenters. The lowest BCUT2D eigenvalue weighted by atomic mass is 10.0. The number of nitrogens with zero attached hydrogens (tertiary/aromatic N) is 5. The van der Waals surface area contributed by atoms with E-state index in [0.29, 0.717) is 28.9 Å². The Bertz CT molecular complexity index is 1420. The van der Waals surface area contributed by atoms with Crippen molar-refractivity contribution < 1.29 is 8.42 Å². The molecule has 10 heteroatoms. The summed E-state index contributed by atoms with van der Waals surface area (Å²) in [6.07, 6.45) is 7.64. The lowest BCUT2D eigenvalue weighted by Gasteiger charge is -2.15. The van der Waals surface area contributed by atoms with E-state index < -0.39 is 9.84 Å². The molecule has 5 rings (SSSR count). The first-order valence-electron chi connectivity index (χ1n) is 10.7. The van der Waals surface area contributed by atoms with Crippen LogP contribution in [0.2, 0.25) is 0 Å². The number of rotatable bonds is 7. The summed E-state index contributed by atoms with van der Waals surface area (Å²) in [6, 6.07) is 8.80. The second kappa shape index (κ2) is 8.11. The van der Waals surface area contributed by atoms with Crippen LogP contribution < -0.4 is 5.32 Å². The Labute approximate surface area is 192 Å². The van der Waals surface area contributed by atoms with Crippen molar-refractivity contribution in [3.05, 3.63) is 65.4 Å². The molecule has 9 nitrogen and oxygen atoms in total. The zero-order valence-corrected chi connectivity index (χ0v) is 19.5. The summed E-state index contributed by atoms with van der Waals surface area (Å²) in [5, 5.41) is 15.0. The van der Waals surface area contributed by atoms with Gasteiger partial charge in [0, 0.05) is 48.8 Å². The third-order valence-corrected chi connectivity index (χ3v) is 6.75. The Hall–Kier alpha value is -3.53. The topological polar surface area (TPSA) is 118 Å². The number of sulfone groups is 1. The van der Waals surface area contributed by atoms with Crippen LogP contribution in [0.4, 0.5) is 11.6 Å². The number of aryl methyl sites for hydroxylation is 2. The van der Waals surface area contributed by atoms with Gasteiger partial charge in [-0.25, -0.2) is 18.4 Å². The first-order valence-corrected chi connectivity index (χ1v) is 12.6. The Kier molecular flexibility index (Phi) is 5.24. The van der Waals surface area contributed by atoms with E-state index in [1.165, 1.54) is 6.26 Å². The molecule has 0 unspecified atom stereocenters. The predicted octanol–water partition coefficient (Wildman–Crippen LogP) is 3.52. The van der Waals surface area contributed by atoms with Gasteiger partial charge in [-0.3, -0.25) is 9.78 Å². The number of aromatic nitrogens is 6. The Morgan fingerprint density at radius 2 is 1.94 bits per heavy atom. The number of nitrogens with one attached hydrogen (secondary N) is 2. The van der Waals surface area contributed by atoms with Crippen molar-refractivity contribution in [1.82, 2.24) is 29.9 Å². The summed E-state index contributed by atoms with van der Waals surface area (Å²) in [5.74, 6) is 2.49. The van der Waals surface area contributed by atoms with Gasteiger partial charge in [-0.2, -0.15) is 10.2 Å². The molecular formula is C23H25N7O2S. The van der Waals surface area contributed by atoms with Crippen molar-refractivity contribution in [1.29, 1.82) is 0 Å². The molecule has 1 aromatic carbocycles. The van der Waals surface area contributed by atoms with Gasteiger partial charge in [0.2, 0.25) is 0 Å². The van der Waals surface area contributed by atoms with E-state index in [4.69, 9.17) is 9.97 Å². The number of hydrogen-bond acceptors (Lipinski definition) is 7. The summed E-state index contributed by atoms with van der Waals surface area (Å²) in [6.45, 7) is 1.95. The third-order valence-electron chi connectivity index (χ3n) is 5.62. The molecule has 2 N–H and O–H groups in total. The average Bonchev–Trinajstić information content (AvgIpc) is 3.37. The molecule has 33 heavy (non-hydrogen) atoms. The van der Waals surface area contributed by atoms with Gasteiger partial charge in [0.25, 0.3) is 0 Å². The maximum absolute atomic E-state index is 11.8. The summed E-state index contributed by atoms with van der Waals surface area (Å²) >= 11 is 0. The molecular weight excluding hydrogens is 438 g/mol. The zero-order valence-electron chi connectivity index (χ0n) is 18.7. The van der Waals surface area contributed by atoms with Gasteiger partial charge in [-0.05, 0) is 43.4 Å². The molecule has 1 fully saturated rings. The van der Waals surface area contributed by atoms with Gasteiger partial charge >= 0.3 is 0 Å². The van der Waals surface area contributed by atoms with Crippen molar-refractivity contribution in [2.24, 2.45) is 7.05 Å². The minimum absolute atomic E-state index is 0.295. The van der Waals surface area contributed by atoms with E-state index in [1.807, 2.05) is 44.6 Å². The molecule has 170 valence electrons. The van der Waals surface area contributed by atoms with Crippen molar-refractivity contribution in [2.45, 2.75) is 37.0 Å². The molecule has 0 aliphatic heterocycles. The first-order chi connectivity index (χ1) is 15.8. The lowest BCUT2D eigenvalue weighted by molar-refractivity contribution is 0.602. The van der Waals surface area contributed by atoms with E-state index in [1.54, 1.807) is 16.8 Å². The monoisotopic (exact) mass is 463 g/mol. The van der Waals surface area contributed by atoms with Crippen LogP contribution in [0.15, 0.2) is 47.6 Å². The molecule has 0 amide bonds. The fraction of sp³-hybridized carbons (Fsp3) is 0.304. The zero-order chi connectivity index (χ0) is 23.2. The van der Waals surface area contributed by atoms with Gasteiger partial charge in [-0.1, -0.05) is 12.1 Å². The van der Waals surface area contributed by atoms with Crippen LogP contribution in [0.3, 0.4) is 0 Å². The Balaban J connectivity index is 1.58. The fourth-order valence-electron chi connectivity index (χ4n) is 3.85. The predicted molar refractivity (Wildman–Crippen MR) is 125 cm³/mol. The smallest absolute Gasteiger partial charge is 0.175 e. The molecule has 1 saturated carbocycles. The van der Waals surface area contributed by atoms with Crippen LogP contribution in [0.25, 0.3) is 11.3 Å². The highest BCUT2D eigenvalue weighted by Crippen LogP contribution is 2.47. The fourth-order valence-corrected chi connectivity index (χ4v) is 4.48. The van der Waals surface area contributed by atoms with E-state index in [9.17, 15) is 8.42 Å². The normalized spacial score (nSPS) is 13.9. The molecule has 1 aliphatic rings. The maximum Gasteiger partial charge on any atom is 0.175 e. The molecule has 0 saturated heterocycles. The molecule has 3 heterocycles. The average molecular weight is 464 g/mol. The van der Waals surface area contributed by atoms with Gasteiger partial charge in [0.1, 0.15) is 11.6 Å². The highest BCUT2D eigenvalue weighted by atomic mass is 32.2. The maximum atomic E-state index is 11.8. The van der Waals surface area contributed by atoms with Crippen LogP contribution in [0.1, 0.15) is 41.4 Å². The minimum atomic E-state index is -3.24. The number of benzene rings is 1. The summed E-state index contributed by atoms with van der Waals surface area (Å²) in [4.78, 5) is 10.1. The first kappa shape index (κ1) is 21.3. The molecule has 4 aromatic rings. The summed E-state index contributed by atoms with van der Waals surface area (Å²) in [5.41, 5.74) is 4.79. The summed E-state index contributed by atoms with van der Waals surface area (Å²) < 4.78 is 25.3. The van der Waals surface area contributed by atoms with Crippen molar-refractivity contribution >= 4 is 21.5 Å². The third kappa shape index (κ3) is 4.65. The lowest BCUT2D eigenvalue weighted by Crippen LogP contribution is -2.08. The summed E-state index contributed by atoms with van der Waals surface area (Å²) in [7, 11) is -1.35.